The fourth-order valence-electron chi connectivity index (χ4n) is 2.37. The van der Waals surface area contributed by atoms with Gasteiger partial charge in [0.05, 0.1) is 11.6 Å². The van der Waals surface area contributed by atoms with Gasteiger partial charge >= 0.3 is 0 Å². The summed E-state index contributed by atoms with van der Waals surface area (Å²) in [5, 5.41) is 10.1. The van der Waals surface area contributed by atoms with Crippen LogP contribution in [0.5, 0.6) is 0 Å². The van der Waals surface area contributed by atoms with E-state index in [1.165, 1.54) is 0 Å². The zero-order valence-electron chi connectivity index (χ0n) is 10.1. The normalized spacial score (nSPS) is 21.5. The highest BCUT2D eigenvalue weighted by Crippen LogP contribution is 2.30. The average Bonchev–Trinajstić information content (AvgIpc) is 2.65. The summed E-state index contributed by atoms with van der Waals surface area (Å²) in [5.74, 6) is 0.928. The molecule has 0 saturated carbocycles. The van der Waals surface area contributed by atoms with Gasteiger partial charge < -0.3 is 10.0 Å². The Balaban J connectivity index is 2.27. The van der Waals surface area contributed by atoms with Crippen LogP contribution in [0.25, 0.3) is 0 Å². The summed E-state index contributed by atoms with van der Waals surface area (Å²) >= 11 is 0. The predicted molar refractivity (Wildman–Crippen MR) is 63.4 cm³/mol. The van der Waals surface area contributed by atoms with Crippen molar-refractivity contribution in [1.29, 1.82) is 0 Å². The van der Waals surface area contributed by atoms with Crippen molar-refractivity contribution in [1.82, 2.24) is 9.97 Å². The molecule has 88 valence electrons. The summed E-state index contributed by atoms with van der Waals surface area (Å²) in [4.78, 5) is 10.6. The van der Waals surface area contributed by atoms with Crippen LogP contribution in [0, 0.1) is 6.92 Å². The average molecular weight is 221 g/mol. The maximum absolute atomic E-state index is 10.1. The van der Waals surface area contributed by atoms with E-state index in [1.54, 1.807) is 6.33 Å². The van der Waals surface area contributed by atoms with E-state index in [4.69, 9.17) is 0 Å². The standard InChI is InChI=1S/C12H19N3O/c1-9-7-11(14-8-13-9)15-6-4-5-10(15)12(2,3)16/h7-8,10,16H,4-6H2,1-3H3. The highest BCUT2D eigenvalue weighted by Gasteiger charge is 2.36. The Morgan fingerprint density at radius 3 is 2.81 bits per heavy atom. The summed E-state index contributed by atoms with van der Waals surface area (Å²) in [6.07, 6.45) is 3.72. The first-order valence-electron chi connectivity index (χ1n) is 5.76. The van der Waals surface area contributed by atoms with E-state index in [9.17, 15) is 5.11 Å². The Bertz CT molecular complexity index is 373. The number of rotatable bonds is 2. The molecule has 4 nitrogen and oxygen atoms in total. The van der Waals surface area contributed by atoms with E-state index >= 15 is 0 Å². The quantitative estimate of drug-likeness (QED) is 0.822. The summed E-state index contributed by atoms with van der Waals surface area (Å²) in [5.41, 5.74) is 0.279. The lowest BCUT2D eigenvalue weighted by atomic mass is 9.97. The second-order valence-corrected chi connectivity index (χ2v) is 5.02. The molecule has 1 aromatic rings. The van der Waals surface area contributed by atoms with Crippen molar-refractivity contribution in [2.75, 3.05) is 11.4 Å². The molecule has 1 saturated heterocycles. The number of aliphatic hydroxyl groups is 1. The third kappa shape index (κ3) is 2.16. The van der Waals surface area contributed by atoms with Crippen molar-refractivity contribution in [3.8, 4) is 0 Å². The zero-order chi connectivity index (χ0) is 11.8. The van der Waals surface area contributed by atoms with Gasteiger partial charge in [-0.25, -0.2) is 9.97 Å². The summed E-state index contributed by atoms with van der Waals surface area (Å²) in [6, 6.07) is 2.13. The van der Waals surface area contributed by atoms with Crippen molar-refractivity contribution in [3.63, 3.8) is 0 Å². The van der Waals surface area contributed by atoms with E-state index in [0.29, 0.717) is 0 Å². The molecule has 2 rings (SSSR count). The smallest absolute Gasteiger partial charge is 0.132 e. The fraction of sp³-hybridized carbons (Fsp3) is 0.667. The SMILES string of the molecule is Cc1cc(N2CCCC2C(C)(C)O)ncn1. The number of hydrogen-bond acceptors (Lipinski definition) is 4. The number of aryl methyl sites for hydroxylation is 1. The molecule has 1 aliphatic rings. The Labute approximate surface area is 96.3 Å². The van der Waals surface area contributed by atoms with Crippen molar-refractivity contribution in [2.24, 2.45) is 0 Å². The van der Waals surface area contributed by atoms with Crippen LogP contribution < -0.4 is 4.90 Å². The second-order valence-electron chi connectivity index (χ2n) is 5.02. The van der Waals surface area contributed by atoms with Gasteiger partial charge in [-0.15, -0.1) is 0 Å². The minimum Gasteiger partial charge on any atom is -0.388 e. The largest absolute Gasteiger partial charge is 0.388 e. The molecular weight excluding hydrogens is 202 g/mol. The van der Waals surface area contributed by atoms with Gasteiger partial charge in [0.1, 0.15) is 12.1 Å². The lowest BCUT2D eigenvalue weighted by molar-refractivity contribution is 0.0533. The summed E-state index contributed by atoms with van der Waals surface area (Å²) in [6.45, 7) is 6.65. The molecule has 1 fully saturated rings. The molecule has 0 bridgehead atoms. The molecule has 1 aromatic heterocycles. The van der Waals surface area contributed by atoms with Crippen molar-refractivity contribution in [3.05, 3.63) is 18.1 Å². The van der Waals surface area contributed by atoms with Crippen LogP contribution in [0.1, 0.15) is 32.4 Å². The Morgan fingerprint density at radius 2 is 2.19 bits per heavy atom. The Hall–Kier alpha value is -1.16. The van der Waals surface area contributed by atoms with E-state index < -0.39 is 5.60 Å². The van der Waals surface area contributed by atoms with E-state index in [-0.39, 0.29) is 6.04 Å². The topological polar surface area (TPSA) is 49.2 Å². The summed E-state index contributed by atoms with van der Waals surface area (Å²) < 4.78 is 0. The van der Waals surface area contributed by atoms with E-state index in [2.05, 4.69) is 14.9 Å². The van der Waals surface area contributed by atoms with E-state index in [1.807, 2.05) is 26.8 Å². The molecule has 0 aromatic carbocycles. The predicted octanol–water partition coefficient (Wildman–Crippen LogP) is 1.52. The van der Waals surface area contributed by atoms with Crippen LogP contribution in [0.4, 0.5) is 5.82 Å². The van der Waals surface area contributed by atoms with Gasteiger partial charge in [-0.2, -0.15) is 0 Å². The number of nitrogens with zero attached hydrogens (tertiary/aromatic N) is 3. The van der Waals surface area contributed by atoms with Crippen LogP contribution in [-0.4, -0.2) is 33.3 Å². The number of aromatic nitrogens is 2. The molecule has 16 heavy (non-hydrogen) atoms. The molecule has 1 atom stereocenters. The lowest BCUT2D eigenvalue weighted by Gasteiger charge is -2.34. The lowest BCUT2D eigenvalue weighted by Crippen LogP contribution is -2.46. The van der Waals surface area contributed by atoms with Crippen molar-refractivity contribution >= 4 is 5.82 Å². The number of anilines is 1. The van der Waals surface area contributed by atoms with Crippen LogP contribution in [0.3, 0.4) is 0 Å². The third-order valence-electron chi connectivity index (χ3n) is 3.15. The molecule has 4 heteroatoms. The van der Waals surface area contributed by atoms with Gasteiger partial charge in [-0.1, -0.05) is 0 Å². The monoisotopic (exact) mass is 221 g/mol. The molecule has 0 aliphatic carbocycles. The molecule has 1 aliphatic heterocycles. The van der Waals surface area contributed by atoms with E-state index in [0.717, 1.165) is 30.9 Å². The van der Waals surface area contributed by atoms with Gasteiger partial charge in [0, 0.05) is 18.3 Å². The molecule has 0 amide bonds. The fourth-order valence-corrected chi connectivity index (χ4v) is 2.37. The zero-order valence-corrected chi connectivity index (χ0v) is 10.1. The third-order valence-corrected chi connectivity index (χ3v) is 3.15. The first-order valence-corrected chi connectivity index (χ1v) is 5.76. The molecular formula is C12H19N3O. The highest BCUT2D eigenvalue weighted by atomic mass is 16.3. The number of hydrogen-bond donors (Lipinski definition) is 1. The minimum absolute atomic E-state index is 0.154. The minimum atomic E-state index is -0.685. The first kappa shape index (κ1) is 11.3. The maximum Gasteiger partial charge on any atom is 0.132 e. The Morgan fingerprint density at radius 1 is 1.44 bits per heavy atom. The maximum atomic E-state index is 10.1. The molecule has 0 spiro atoms. The molecule has 2 heterocycles. The Kier molecular flexibility index (Phi) is 2.84. The first-order chi connectivity index (χ1) is 7.48. The van der Waals surface area contributed by atoms with Crippen LogP contribution in [-0.2, 0) is 0 Å². The molecule has 1 unspecified atom stereocenters. The molecule has 1 N–H and O–H groups in total. The van der Waals surface area contributed by atoms with Gasteiger partial charge in [0.25, 0.3) is 0 Å². The van der Waals surface area contributed by atoms with Crippen molar-refractivity contribution < 1.29 is 5.11 Å². The molecule has 0 radical (unpaired) electrons. The van der Waals surface area contributed by atoms with Crippen LogP contribution >= 0.6 is 0 Å². The van der Waals surface area contributed by atoms with Gasteiger partial charge in [0.15, 0.2) is 0 Å². The van der Waals surface area contributed by atoms with Gasteiger partial charge in [0.2, 0.25) is 0 Å². The van der Waals surface area contributed by atoms with Gasteiger partial charge in [-0.3, -0.25) is 0 Å². The second kappa shape index (κ2) is 4.01. The van der Waals surface area contributed by atoms with Crippen molar-refractivity contribution in [2.45, 2.75) is 45.3 Å². The highest BCUT2D eigenvalue weighted by molar-refractivity contribution is 5.42. The van der Waals surface area contributed by atoms with Crippen LogP contribution in [0.15, 0.2) is 12.4 Å². The summed E-state index contributed by atoms with van der Waals surface area (Å²) in [7, 11) is 0. The van der Waals surface area contributed by atoms with Gasteiger partial charge in [-0.05, 0) is 33.6 Å². The van der Waals surface area contributed by atoms with Crippen LogP contribution in [0.2, 0.25) is 0 Å².